The molecule has 4 aliphatic carbocycles. The number of ether oxygens (including phenoxy) is 1. The molecule has 0 amide bonds. The lowest BCUT2D eigenvalue weighted by molar-refractivity contribution is -0.165. The maximum atomic E-state index is 13.0. The Bertz CT molecular complexity index is 626. The summed E-state index contributed by atoms with van der Waals surface area (Å²) >= 11 is 0. The van der Waals surface area contributed by atoms with Gasteiger partial charge in [0.15, 0.2) is 10.1 Å². The Balaban J connectivity index is 1.60. The second kappa shape index (κ2) is 5.20. The van der Waals surface area contributed by atoms with Crippen molar-refractivity contribution in [1.29, 1.82) is 0 Å². The average Bonchev–Trinajstić information content (AvgIpc) is 2.42. The lowest BCUT2D eigenvalue weighted by atomic mass is 9.48. The number of Topliss-reactive ketones (excluding diaryl/α,β-unsaturated/α-hetero) is 1. The van der Waals surface area contributed by atoms with Crippen molar-refractivity contribution in [3.63, 3.8) is 0 Å². The summed E-state index contributed by atoms with van der Waals surface area (Å²) in [6.07, 6.45) is 4.29. The van der Waals surface area contributed by atoms with Crippen molar-refractivity contribution in [1.82, 2.24) is 0 Å². The van der Waals surface area contributed by atoms with Gasteiger partial charge in [-0.25, -0.2) is 13.2 Å². The van der Waals surface area contributed by atoms with Crippen LogP contribution in [0.5, 0.6) is 0 Å². The van der Waals surface area contributed by atoms with E-state index in [0.717, 1.165) is 19.3 Å². The highest BCUT2D eigenvalue weighted by Gasteiger charge is 2.55. The van der Waals surface area contributed by atoms with Crippen LogP contribution in [-0.2, 0) is 24.4 Å². The number of esters is 1. The van der Waals surface area contributed by atoms with Crippen molar-refractivity contribution in [2.24, 2.45) is 23.2 Å². The van der Waals surface area contributed by atoms with Crippen molar-refractivity contribution in [3.05, 3.63) is 0 Å². The zero-order valence-electron chi connectivity index (χ0n) is 12.3. The number of hydrogen-bond donors (Lipinski definition) is 0. The van der Waals surface area contributed by atoms with E-state index in [4.69, 9.17) is 0 Å². The van der Waals surface area contributed by atoms with Crippen molar-refractivity contribution >= 4 is 21.9 Å². The van der Waals surface area contributed by atoms with E-state index >= 15 is 0 Å². The van der Waals surface area contributed by atoms with E-state index in [1.54, 1.807) is 0 Å². The molecular formula is C14H17F2O6S-. The van der Waals surface area contributed by atoms with Crippen LogP contribution >= 0.6 is 0 Å². The maximum absolute atomic E-state index is 13.0. The molecule has 0 N–H and O–H groups in total. The summed E-state index contributed by atoms with van der Waals surface area (Å²) < 4.78 is 61.5. The van der Waals surface area contributed by atoms with Crippen LogP contribution < -0.4 is 0 Å². The monoisotopic (exact) mass is 351 g/mol. The largest absolute Gasteiger partial charge is 0.743 e. The molecule has 4 fully saturated rings. The highest BCUT2D eigenvalue weighted by atomic mass is 32.2. The van der Waals surface area contributed by atoms with Crippen molar-refractivity contribution in [3.8, 4) is 0 Å². The van der Waals surface area contributed by atoms with Gasteiger partial charge in [-0.15, -0.1) is 0 Å². The first-order valence-electron chi connectivity index (χ1n) is 7.58. The molecule has 4 aliphatic rings. The fraction of sp³-hybridized carbons (Fsp3) is 0.857. The normalized spacial score (nSPS) is 36.3. The number of carbonyl (C=O) groups excluding carboxylic acids is 2. The molecule has 0 aromatic rings. The zero-order valence-corrected chi connectivity index (χ0v) is 13.1. The van der Waals surface area contributed by atoms with Crippen molar-refractivity contribution in [2.75, 3.05) is 6.61 Å². The van der Waals surface area contributed by atoms with Gasteiger partial charge in [-0.1, -0.05) is 0 Å². The third-order valence-electron chi connectivity index (χ3n) is 5.54. The molecule has 0 radical (unpaired) electrons. The van der Waals surface area contributed by atoms with Gasteiger partial charge in [0.05, 0.1) is 6.61 Å². The Morgan fingerprint density at radius 2 is 1.83 bits per heavy atom. The minimum absolute atomic E-state index is 0.0143. The van der Waals surface area contributed by atoms with E-state index in [0.29, 0.717) is 25.2 Å². The van der Waals surface area contributed by atoms with Crippen LogP contribution in [0.15, 0.2) is 0 Å². The molecule has 0 aliphatic heterocycles. The van der Waals surface area contributed by atoms with E-state index in [2.05, 4.69) is 4.74 Å². The van der Waals surface area contributed by atoms with Crippen molar-refractivity contribution < 1.29 is 36.1 Å². The van der Waals surface area contributed by atoms with E-state index in [-0.39, 0.29) is 29.6 Å². The number of rotatable bonds is 5. The first kappa shape index (κ1) is 16.8. The topological polar surface area (TPSA) is 101 Å². The summed E-state index contributed by atoms with van der Waals surface area (Å²) in [4.78, 5) is 23.2. The summed E-state index contributed by atoms with van der Waals surface area (Å²) in [6.45, 7) is -0.371. The molecule has 4 bridgehead atoms. The van der Waals surface area contributed by atoms with Crippen LogP contribution in [0.2, 0.25) is 0 Å². The molecule has 2 atom stereocenters. The lowest BCUT2D eigenvalue weighted by Gasteiger charge is -2.55. The molecule has 0 saturated heterocycles. The Morgan fingerprint density at radius 3 is 2.35 bits per heavy atom. The van der Waals surface area contributed by atoms with Gasteiger partial charge in [0.1, 0.15) is 5.78 Å². The summed E-state index contributed by atoms with van der Waals surface area (Å²) in [5.74, 6) is -1.56. The zero-order chi connectivity index (χ0) is 17.0. The second-order valence-corrected chi connectivity index (χ2v) is 8.52. The molecule has 9 heteroatoms. The molecule has 0 aromatic carbocycles. The predicted octanol–water partition coefficient (Wildman–Crippen LogP) is 1.45. The smallest absolute Gasteiger partial charge is 0.428 e. The van der Waals surface area contributed by atoms with Crippen LogP contribution in [0.1, 0.15) is 38.5 Å². The summed E-state index contributed by atoms with van der Waals surface area (Å²) in [5.41, 5.74) is -0.198. The Morgan fingerprint density at radius 1 is 1.26 bits per heavy atom. The van der Waals surface area contributed by atoms with Gasteiger partial charge in [0.2, 0.25) is 0 Å². The van der Waals surface area contributed by atoms with E-state index < -0.39 is 21.3 Å². The quantitative estimate of drug-likeness (QED) is 0.549. The minimum atomic E-state index is -6.09. The fourth-order valence-corrected chi connectivity index (χ4v) is 5.02. The first-order chi connectivity index (χ1) is 10.5. The lowest BCUT2D eigenvalue weighted by Crippen LogP contribution is -2.51. The molecule has 0 heterocycles. The second-order valence-electron chi connectivity index (χ2n) is 7.10. The molecule has 4 saturated carbocycles. The molecule has 0 spiro atoms. The highest BCUT2D eigenvalue weighted by Crippen LogP contribution is 2.59. The molecule has 4 rings (SSSR count). The van der Waals surface area contributed by atoms with Crippen molar-refractivity contribution in [2.45, 2.75) is 43.8 Å². The van der Waals surface area contributed by atoms with Gasteiger partial charge >= 0.3 is 11.2 Å². The Kier molecular flexibility index (Phi) is 3.79. The summed E-state index contributed by atoms with van der Waals surface area (Å²) in [7, 11) is -6.09. The standard InChI is InChI=1S/C14H18F2O6S/c15-14(16,23(19,20)21)12(18)22-2-1-13-5-8-3-9(6-13)11(17)10(4-8)7-13/h8-10H,1-7H2,(H,19,20,21)/p-1. The number of halogens is 2. The average molecular weight is 351 g/mol. The van der Waals surface area contributed by atoms with Gasteiger partial charge in [-0.05, 0) is 49.9 Å². The summed E-state index contributed by atoms with van der Waals surface area (Å²) in [6, 6.07) is 0. The number of ketones is 1. The third-order valence-corrected chi connectivity index (χ3v) is 6.33. The Hall–Kier alpha value is -1.09. The number of alkyl halides is 2. The van der Waals surface area contributed by atoms with Gasteiger partial charge in [0.25, 0.3) is 0 Å². The SMILES string of the molecule is O=C1C2CC3CC1CC(CCOC(=O)C(F)(F)S(=O)(=O)[O-])(C3)C2. The minimum Gasteiger partial charge on any atom is -0.743 e. The van der Waals surface area contributed by atoms with Gasteiger partial charge in [-0.3, -0.25) is 4.79 Å². The molecular weight excluding hydrogens is 334 g/mol. The van der Waals surface area contributed by atoms with Gasteiger partial charge in [0, 0.05) is 11.8 Å². The number of hydrogen-bond acceptors (Lipinski definition) is 6. The van der Waals surface area contributed by atoms with Crippen LogP contribution in [0.4, 0.5) is 8.78 Å². The van der Waals surface area contributed by atoms with Gasteiger partial charge < -0.3 is 9.29 Å². The summed E-state index contributed by atoms with van der Waals surface area (Å²) in [5, 5.41) is -5.07. The van der Waals surface area contributed by atoms with Crippen LogP contribution in [0.25, 0.3) is 0 Å². The third kappa shape index (κ3) is 2.77. The highest BCUT2D eigenvalue weighted by molar-refractivity contribution is 7.87. The molecule has 130 valence electrons. The molecule has 2 unspecified atom stereocenters. The first-order valence-corrected chi connectivity index (χ1v) is 8.99. The van der Waals surface area contributed by atoms with E-state index in [1.165, 1.54) is 0 Å². The van der Waals surface area contributed by atoms with Crippen LogP contribution in [-0.4, -0.2) is 36.6 Å². The maximum Gasteiger partial charge on any atom is 0.428 e. The van der Waals surface area contributed by atoms with E-state index in [1.807, 2.05) is 0 Å². The Labute approximate surface area is 132 Å². The van der Waals surface area contributed by atoms with Crippen LogP contribution in [0, 0.1) is 23.2 Å². The molecule has 23 heavy (non-hydrogen) atoms. The molecule has 6 nitrogen and oxygen atoms in total. The van der Waals surface area contributed by atoms with Crippen LogP contribution in [0.3, 0.4) is 0 Å². The number of carbonyl (C=O) groups is 2. The predicted molar refractivity (Wildman–Crippen MR) is 71.2 cm³/mol. The fourth-order valence-electron chi connectivity index (χ4n) is 4.76. The molecule has 0 aromatic heterocycles. The van der Waals surface area contributed by atoms with Gasteiger partial charge in [-0.2, -0.15) is 8.78 Å². The van der Waals surface area contributed by atoms with E-state index in [9.17, 15) is 31.3 Å².